The molecule has 0 aromatic rings. The van der Waals surface area contributed by atoms with E-state index < -0.39 is 0 Å². The molecule has 34 valence electrons. The third-order valence-electron chi connectivity index (χ3n) is 0.304. The minimum Gasteiger partial charge on any atom is -0.487 e. The predicted molar refractivity (Wildman–Crippen MR) is 23.8 cm³/mol. The first kappa shape index (κ1) is 5.54. The van der Waals surface area contributed by atoms with E-state index in [-0.39, 0.29) is 6.10 Å². The van der Waals surface area contributed by atoms with Crippen LogP contribution in [0.15, 0.2) is 0 Å². The lowest BCUT2D eigenvalue weighted by atomic mass is 10.5. The second-order valence-electron chi connectivity index (χ2n) is 1.28. The van der Waals surface area contributed by atoms with Crippen molar-refractivity contribution in [1.82, 2.24) is 0 Å². The van der Waals surface area contributed by atoms with E-state index in [0.29, 0.717) is 0 Å². The molecule has 0 unspecified atom stereocenters. The van der Waals surface area contributed by atoms with E-state index in [1.807, 2.05) is 13.8 Å². The van der Waals surface area contributed by atoms with Crippen molar-refractivity contribution in [2.75, 3.05) is 0 Å². The highest BCUT2D eigenvalue weighted by molar-refractivity contribution is 4.37. The van der Waals surface area contributed by atoms with Crippen molar-refractivity contribution in [2.24, 2.45) is 0 Å². The molecule has 2 radical (unpaired) electrons. The van der Waals surface area contributed by atoms with Gasteiger partial charge in [0.2, 0.25) is 0 Å². The second kappa shape index (κ2) is 2.76. The minimum atomic E-state index is 0.162. The first-order valence-electron chi connectivity index (χ1n) is 1.88. The Morgan fingerprint density at radius 1 is 1.67 bits per heavy atom. The van der Waals surface area contributed by atoms with Gasteiger partial charge in [0.05, 0.1) is 6.10 Å². The lowest BCUT2D eigenvalue weighted by molar-refractivity contribution is 0.161. The van der Waals surface area contributed by atoms with Crippen LogP contribution in [0.25, 0.3) is 0 Å². The maximum Gasteiger partial charge on any atom is 0.161 e. The van der Waals surface area contributed by atoms with E-state index in [1.165, 1.54) is 0 Å². The highest BCUT2D eigenvalue weighted by Crippen LogP contribution is 1.82. The Labute approximate surface area is 38.6 Å². The summed E-state index contributed by atoms with van der Waals surface area (Å²) in [5, 5.41) is 0. The fourth-order valence-electron chi connectivity index (χ4n) is 0.136. The molecule has 6 heavy (non-hydrogen) atoms. The first-order chi connectivity index (χ1) is 2.77. The molecular weight excluding hydrogens is 76.1 g/mol. The Morgan fingerprint density at radius 2 is 2.17 bits per heavy atom. The van der Waals surface area contributed by atoms with E-state index in [9.17, 15) is 0 Å². The largest absolute Gasteiger partial charge is 0.487 e. The molecule has 0 aliphatic rings. The maximum absolute atomic E-state index is 4.76. The Bertz CT molecular complexity index is 39.2. The van der Waals surface area contributed by atoms with Crippen LogP contribution < -0.4 is 0 Å². The maximum atomic E-state index is 4.76. The summed E-state index contributed by atoms with van der Waals surface area (Å²) in [4.78, 5) is 0. The van der Waals surface area contributed by atoms with Gasteiger partial charge in [-0.15, -0.1) is 0 Å². The highest BCUT2D eigenvalue weighted by Gasteiger charge is 1.82. The molecule has 0 spiro atoms. The van der Waals surface area contributed by atoms with E-state index in [0.717, 1.165) is 0 Å². The predicted octanol–water partition coefficient (Wildman–Crippen LogP) is 1.16. The third-order valence-corrected chi connectivity index (χ3v) is 0.304. The van der Waals surface area contributed by atoms with Gasteiger partial charge in [-0.1, -0.05) is 0 Å². The van der Waals surface area contributed by atoms with E-state index in [2.05, 4.69) is 11.0 Å². The monoisotopic (exact) mass is 84.1 g/mol. The normalized spacial score (nSPS) is 8.50. The minimum absolute atomic E-state index is 0.162. The van der Waals surface area contributed by atoms with Crippen molar-refractivity contribution in [2.45, 2.75) is 20.0 Å². The molecule has 0 aromatic carbocycles. The Balaban J connectivity index is 2.81. The molecule has 0 N–H and O–H groups in total. The zero-order valence-electron chi connectivity index (χ0n) is 4.06. The molecule has 1 nitrogen and oxygen atoms in total. The molecule has 1 heteroatoms. The van der Waals surface area contributed by atoms with Crippen LogP contribution in [-0.4, -0.2) is 6.10 Å². The molecule has 0 heterocycles. The van der Waals surface area contributed by atoms with Crippen molar-refractivity contribution in [3.8, 4) is 0 Å². The smallest absolute Gasteiger partial charge is 0.161 e. The quantitative estimate of drug-likeness (QED) is 0.456. The van der Waals surface area contributed by atoms with Crippen LogP contribution in [-0.2, 0) is 4.74 Å². The molecule has 0 fully saturated rings. The van der Waals surface area contributed by atoms with Crippen LogP contribution in [0.3, 0.4) is 0 Å². The Hall–Kier alpha value is -0.460. The lowest BCUT2D eigenvalue weighted by Gasteiger charge is -1.98. The van der Waals surface area contributed by atoms with E-state index in [1.54, 1.807) is 0 Å². The lowest BCUT2D eigenvalue weighted by Crippen LogP contribution is -1.93. The van der Waals surface area contributed by atoms with Crippen molar-refractivity contribution in [3.05, 3.63) is 12.8 Å². The molecule has 0 rings (SSSR count). The summed E-state index contributed by atoms with van der Waals surface area (Å²) < 4.78 is 4.57. The van der Waals surface area contributed by atoms with Gasteiger partial charge in [0.15, 0.2) is 6.26 Å². The summed E-state index contributed by atoms with van der Waals surface area (Å²) in [7, 11) is 0. The van der Waals surface area contributed by atoms with Gasteiger partial charge in [0.25, 0.3) is 0 Å². The average Bonchev–Trinajstić information content (AvgIpc) is 1.35. The molecule has 0 aliphatic heterocycles. The molecule has 0 aromatic heterocycles. The summed E-state index contributed by atoms with van der Waals surface area (Å²) in [6, 6.07) is 0. The average molecular weight is 84.1 g/mol. The summed E-state index contributed by atoms with van der Waals surface area (Å²) in [6.07, 6.45) is 2.23. The van der Waals surface area contributed by atoms with Gasteiger partial charge < -0.3 is 4.74 Å². The summed E-state index contributed by atoms with van der Waals surface area (Å²) in [5.41, 5.74) is 0. The zero-order chi connectivity index (χ0) is 4.99. The van der Waals surface area contributed by atoms with Gasteiger partial charge in [-0.25, -0.2) is 0 Å². The molecule has 0 bridgehead atoms. The van der Waals surface area contributed by atoms with Crippen LogP contribution in [0.4, 0.5) is 0 Å². The molecule has 0 amide bonds. The van der Waals surface area contributed by atoms with Crippen LogP contribution in [0.5, 0.6) is 0 Å². The van der Waals surface area contributed by atoms with Crippen LogP contribution in [0.1, 0.15) is 13.8 Å². The topological polar surface area (TPSA) is 9.23 Å². The molecular formula is C5H8O. The Kier molecular flexibility index (Phi) is 2.55. The van der Waals surface area contributed by atoms with Crippen molar-refractivity contribution >= 4 is 0 Å². The zero-order valence-corrected chi connectivity index (χ0v) is 4.06. The fraction of sp³-hybridized carbons (Fsp3) is 0.600. The van der Waals surface area contributed by atoms with Gasteiger partial charge in [-0.05, 0) is 20.4 Å². The van der Waals surface area contributed by atoms with Gasteiger partial charge in [0, 0.05) is 0 Å². The first-order valence-corrected chi connectivity index (χ1v) is 1.88. The molecule has 0 saturated carbocycles. The van der Waals surface area contributed by atoms with Gasteiger partial charge in [-0.2, -0.15) is 0 Å². The third kappa shape index (κ3) is 3.54. The molecule has 0 aliphatic carbocycles. The highest BCUT2D eigenvalue weighted by atomic mass is 16.5. The summed E-state index contributed by atoms with van der Waals surface area (Å²) in [5.74, 6) is 0. The Morgan fingerprint density at radius 3 is 2.17 bits per heavy atom. The fourth-order valence-corrected chi connectivity index (χ4v) is 0.136. The SMILES string of the molecule is [CH]=[C]OC(C)C. The van der Waals surface area contributed by atoms with Crippen molar-refractivity contribution < 1.29 is 4.74 Å². The van der Waals surface area contributed by atoms with Gasteiger partial charge in [0.1, 0.15) is 0 Å². The molecule has 0 saturated heterocycles. The van der Waals surface area contributed by atoms with Crippen molar-refractivity contribution in [3.63, 3.8) is 0 Å². The molecule has 0 atom stereocenters. The van der Waals surface area contributed by atoms with Gasteiger partial charge in [-0.3, -0.25) is 0 Å². The van der Waals surface area contributed by atoms with Crippen LogP contribution in [0, 0.1) is 12.8 Å². The summed E-state index contributed by atoms with van der Waals surface area (Å²) >= 11 is 0. The van der Waals surface area contributed by atoms with Crippen molar-refractivity contribution in [1.29, 1.82) is 0 Å². The van der Waals surface area contributed by atoms with Crippen LogP contribution >= 0.6 is 0 Å². The second-order valence-corrected chi connectivity index (χ2v) is 1.28. The number of hydrogen-bond acceptors (Lipinski definition) is 1. The summed E-state index contributed by atoms with van der Waals surface area (Å²) in [6.45, 7) is 8.53. The number of ether oxygens (including phenoxy) is 1. The van der Waals surface area contributed by atoms with E-state index in [4.69, 9.17) is 6.58 Å². The number of rotatable bonds is 2. The standard InChI is InChI=1S/C5H8O/c1-4-6-5(2)3/h1,5H,2-3H3. The number of hydrogen-bond donors (Lipinski definition) is 0. The van der Waals surface area contributed by atoms with Crippen LogP contribution in [0.2, 0.25) is 0 Å². The van der Waals surface area contributed by atoms with Gasteiger partial charge >= 0.3 is 0 Å². The van der Waals surface area contributed by atoms with E-state index >= 15 is 0 Å².